The molecule has 0 aliphatic heterocycles. The van der Waals surface area contributed by atoms with Gasteiger partial charge in [0.15, 0.2) is 5.96 Å². The fraction of sp³-hybridized carbons (Fsp3) is 0.520. The van der Waals surface area contributed by atoms with E-state index in [0.29, 0.717) is 19.4 Å². The molecule has 3 rings (SSSR count). The molecule has 0 radical (unpaired) electrons. The highest BCUT2D eigenvalue weighted by atomic mass is 16.5. The Labute approximate surface area is 205 Å². The Hall–Kier alpha value is -3.56. The SMILES string of the molecule is COC(=O)[C@H](CCCN=C(N)N)NC(=O)[C@H](Cc1c[nH]c2ccccc12)NC(=O)C1CCCCC1. The number of H-pyrrole nitrogens is 1. The zero-order chi connectivity index (χ0) is 25.2. The number of guanidine groups is 1. The Balaban J connectivity index is 1.75. The van der Waals surface area contributed by atoms with Gasteiger partial charge in [0.1, 0.15) is 12.1 Å². The summed E-state index contributed by atoms with van der Waals surface area (Å²) in [5.74, 6) is -1.25. The average Bonchev–Trinajstić information content (AvgIpc) is 3.28. The lowest BCUT2D eigenvalue weighted by atomic mass is 9.88. The van der Waals surface area contributed by atoms with Gasteiger partial charge in [0.25, 0.3) is 0 Å². The number of para-hydroxylation sites is 1. The summed E-state index contributed by atoms with van der Waals surface area (Å²) in [6.45, 7) is 0.322. The first-order valence-corrected chi connectivity index (χ1v) is 12.2. The van der Waals surface area contributed by atoms with Gasteiger partial charge in [-0.2, -0.15) is 0 Å². The summed E-state index contributed by atoms with van der Waals surface area (Å²) in [6, 6.07) is 6.07. The van der Waals surface area contributed by atoms with Crippen LogP contribution in [-0.2, 0) is 25.5 Å². The monoisotopic (exact) mass is 484 g/mol. The van der Waals surface area contributed by atoms with E-state index in [1.54, 1.807) is 0 Å². The minimum atomic E-state index is -0.876. The average molecular weight is 485 g/mol. The second kappa shape index (κ2) is 12.8. The summed E-state index contributed by atoms with van der Waals surface area (Å²) < 4.78 is 4.88. The van der Waals surface area contributed by atoms with Crippen LogP contribution in [0.2, 0.25) is 0 Å². The van der Waals surface area contributed by atoms with Crippen molar-refractivity contribution in [2.75, 3.05) is 13.7 Å². The summed E-state index contributed by atoms with van der Waals surface area (Å²) in [4.78, 5) is 45.9. The van der Waals surface area contributed by atoms with Crippen LogP contribution in [0.3, 0.4) is 0 Å². The van der Waals surface area contributed by atoms with Gasteiger partial charge in [-0.1, -0.05) is 37.5 Å². The molecular formula is C25H36N6O4. The van der Waals surface area contributed by atoms with Crippen LogP contribution in [0.25, 0.3) is 10.9 Å². The summed E-state index contributed by atoms with van der Waals surface area (Å²) in [5.41, 5.74) is 12.6. The Morgan fingerprint density at radius 2 is 1.86 bits per heavy atom. The number of carbonyl (C=O) groups is 3. The van der Waals surface area contributed by atoms with Crippen molar-refractivity contribution in [3.05, 3.63) is 36.0 Å². The number of nitrogens with one attached hydrogen (secondary N) is 3. The number of aromatic nitrogens is 1. The fourth-order valence-electron chi connectivity index (χ4n) is 4.55. The Bertz CT molecular complexity index is 1040. The van der Waals surface area contributed by atoms with Gasteiger partial charge in [-0.05, 0) is 37.3 Å². The quantitative estimate of drug-likeness (QED) is 0.140. The molecule has 1 saturated carbocycles. The lowest BCUT2D eigenvalue weighted by Crippen LogP contribution is -2.53. The number of amides is 2. The van der Waals surface area contributed by atoms with E-state index in [1.807, 2.05) is 30.5 Å². The van der Waals surface area contributed by atoms with E-state index in [0.717, 1.165) is 48.6 Å². The number of nitrogens with zero attached hydrogens (tertiary/aromatic N) is 1. The number of benzene rings is 1. The Kier molecular flexibility index (Phi) is 9.51. The van der Waals surface area contributed by atoms with E-state index in [2.05, 4.69) is 20.6 Å². The number of carbonyl (C=O) groups excluding carboxylic acids is 3. The smallest absolute Gasteiger partial charge is 0.328 e. The van der Waals surface area contributed by atoms with E-state index in [1.165, 1.54) is 7.11 Å². The molecule has 35 heavy (non-hydrogen) atoms. The largest absolute Gasteiger partial charge is 0.467 e. The van der Waals surface area contributed by atoms with E-state index < -0.39 is 24.0 Å². The highest BCUT2D eigenvalue weighted by molar-refractivity contribution is 5.92. The van der Waals surface area contributed by atoms with Gasteiger partial charge in [-0.25, -0.2) is 4.79 Å². The van der Waals surface area contributed by atoms with Crippen molar-refractivity contribution >= 4 is 34.6 Å². The maximum Gasteiger partial charge on any atom is 0.328 e. The van der Waals surface area contributed by atoms with Crippen molar-refractivity contribution in [3.63, 3.8) is 0 Å². The molecule has 0 unspecified atom stereocenters. The van der Waals surface area contributed by atoms with E-state index in [9.17, 15) is 14.4 Å². The first-order chi connectivity index (χ1) is 16.9. The van der Waals surface area contributed by atoms with Gasteiger partial charge in [-0.15, -0.1) is 0 Å². The van der Waals surface area contributed by atoms with Crippen LogP contribution in [0.1, 0.15) is 50.5 Å². The standard InChI is InChI=1S/C25H36N6O4/c1-35-24(34)20(12-7-13-28-25(26)27)30-23(33)21(31-22(32)16-8-3-2-4-9-16)14-17-15-29-19-11-6-5-10-18(17)19/h5-6,10-11,15-16,20-21,29H,2-4,7-9,12-14H2,1H3,(H,30,33)(H,31,32)(H4,26,27,28)/t20-,21-/m0/s1. The lowest BCUT2D eigenvalue weighted by Gasteiger charge is -2.26. The Morgan fingerprint density at radius 3 is 2.57 bits per heavy atom. The van der Waals surface area contributed by atoms with Crippen LogP contribution in [0.4, 0.5) is 0 Å². The highest BCUT2D eigenvalue weighted by Crippen LogP contribution is 2.24. The van der Waals surface area contributed by atoms with Gasteiger partial charge in [0, 0.05) is 36.0 Å². The lowest BCUT2D eigenvalue weighted by molar-refractivity contribution is -0.145. The number of ether oxygens (including phenoxy) is 1. The van der Waals surface area contributed by atoms with Gasteiger partial charge in [0.2, 0.25) is 11.8 Å². The van der Waals surface area contributed by atoms with Crippen molar-refractivity contribution in [1.29, 1.82) is 0 Å². The molecule has 0 spiro atoms. The zero-order valence-electron chi connectivity index (χ0n) is 20.2. The molecule has 2 aromatic rings. The van der Waals surface area contributed by atoms with Crippen molar-refractivity contribution in [3.8, 4) is 0 Å². The first kappa shape index (κ1) is 26.1. The molecule has 1 aromatic heterocycles. The molecule has 7 N–H and O–H groups in total. The van der Waals surface area contributed by atoms with Crippen LogP contribution in [0.5, 0.6) is 0 Å². The van der Waals surface area contributed by atoms with Crippen molar-refractivity contribution in [2.24, 2.45) is 22.4 Å². The van der Waals surface area contributed by atoms with E-state index in [-0.39, 0.29) is 24.2 Å². The fourth-order valence-corrected chi connectivity index (χ4v) is 4.55. The molecule has 2 atom stereocenters. The topological polar surface area (TPSA) is 165 Å². The van der Waals surface area contributed by atoms with Gasteiger partial charge in [0.05, 0.1) is 7.11 Å². The van der Waals surface area contributed by atoms with Crippen LogP contribution in [0.15, 0.2) is 35.5 Å². The molecule has 0 saturated heterocycles. The second-order valence-electron chi connectivity index (χ2n) is 8.99. The molecule has 1 aliphatic carbocycles. The summed E-state index contributed by atoms with van der Waals surface area (Å²) in [7, 11) is 1.27. The first-order valence-electron chi connectivity index (χ1n) is 12.2. The summed E-state index contributed by atoms with van der Waals surface area (Å²) in [6.07, 6.45) is 7.70. The third-order valence-corrected chi connectivity index (χ3v) is 6.46. The number of nitrogens with two attached hydrogens (primary N) is 2. The number of methoxy groups -OCH3 is 1. The van der Waals surface area contributed by atoms with Crippen LogP contribution in [0, 0.1) is 5.92 Å². The minimum Gasteiger partial charge on any atom is -0.467 e. The van der Waals surface area contributed by atoms with Crippen LogP contribution < -0.4 is 22.1 Å². The molecule has 1 fully saturated rings. The van der Waals surface area contributed by atoms with Gasteiger partial charge in [-0.3, -0.25) is 14.6 Å². The minimum absolute atomic E-state index is 0.0344. The second-order valence-corrected chi connectivity index (χ2v) is 8.99. The number of fused-ring (bicyclic) bond motifs is 1. The third-order valence-electron chi connectivity index (χ3n) is 6.46. The molecule has 0 bridgehead atoms. The molecule has 1 heterocycles. The normalized spacial score (nSPS) is 15.7. The van der Waals surface area contributed by atoms with Gasteiger partial charge < -0.3 is 31.8 Å². The molecule has 10 nitrogen and oxygen atoms in total. The number of hydrogen-bond acceptors (Lipinski definition) is 5. The third kappa shape index (κ3) is 7.46. The highest BCUT2D eigenvalue weighted by Gasteiger charge is 2.30. The van der Waals surface area contributed by atoms with Gasteiger partial charge >= 0.3 is 5.97 Å². The number of aliphatic imine (C=N–C) groups is 1. The number of hydrogen-bond donors (Lipinski definition) is 5. The van der Waals surface area contributed by atoms with E-state index >= 15 is 0 Å². The Morgan fingerprint density at radius 1 is 1.11 bits per heavy atom. The van der Waals surface area contributed by atoms with Crippen molar-refractivity contribution in [1.82, 2.24) is 15.6 Å². The maximum atomic E-state index is 13.4. The molecule has 2 amide bonds. The predicted molar refractivity (Wildman–Crippen MR) is 134 cm³/mol. The number of esters is 1. The summed E-state index contributed by atoms with van der Waals surface area (Å²) >= 11 is 0. The molecule has 1 aliphatic rings. The molecule has 1 aromatic carbocycles. The van der Waals surface area contributed by atoms with E-state index in [4.69, 9.17) is 16.2 Å². The van der Waals surface area contributed by atoms with Crippen molar-refractivity contribution < 1.29 is 19.1 Å². The maximum absolute atomic E-state index is 13.4. The zero-order valence-corrected chi connectivity index (χ0v) is 20.2. The number of rotatable bonds is 11. The molecule has 190 valence electrons. The number of aromatic amines is 1. The van der Waals surface area contributed by atoms with Crippen LogP contribution in [-0.4, -0.2) is 54.5 Å². The van der Waals surface area contributed by atoms with Crippen molar-refractivity contribution in [2.45, 2.75) is 63.5 Å². The summed E-state index contributed by atoms with van der Waals surface area (Å²) in [5, 5.41) is 6.72. The van der Waals surface area contributed by atoms with Crippen LogP contribution >= 0.6 is 0 Å². The molecule has 10 heteroatoms. The molecular weight excluding hydrogens is 448 g/mol. The predicted octanol–water partition coefficient (Wildman–Crippen LogP) is 1.49.